The first-order chi connectivity index (χ1) is 4.83. The fraction of sp³-hybridized carbons (Fsp3) is 0.500. The van der Waals surface area contributed by atoms with Crippen LogP contribution in [0.5, 0.6) is 5.19 Å². The van der Waals surface area contributed by atoms with Crippen molar-refractivity contribution in [1.82, 2.24) is 4.98 Å². The van der Waals surface area contributed by atoms with Gasteiger partial charge >= 0.3 is 0 Å². The van der Waals surface area contributed by atoms with Crippen molar-refractivity contribution in [3.05, 3.63) is 11.6 Å². The van der Waals surface area contributed by atoms with Crippen molar-refractivity contribution < 1.29 is 9.84 Å². The standard InChI is InChI=1S/C6H8NO2S/c1-2-5(8)9-6-7-3-4-10-6/h3-5H,2H2,1H3. The Balaban J connectivity index is 2.40. The Morgan fingerprint density at radius 3 is 3.20 bits per heavy atom. The van der Waals surface area contributed by atoms with Gasteiger partial charge in [-0.05, 0) is 0 Å². The lowest BCUT2D eigenvalue weighted by Gasteiger charge is -2.03. The summed E-state index contributed by atoms with van der Waals surface area (Å²) in [5.74, 6) is 0. The van der Waals surface area contributed by atoms with Crippen molar-refractivity contribution in [1.29, 1.82) is 0 Å². The smallest absolute Gasteiger partial charge is 0.275 e. The highest BCUT2D eigenvalue weighted by Gasteiger charge is 2.04. The van der Waals surface area contributed by atoms with E-state index in [2.05, 4.69) is 4.98 Å². The van der Waals surface area contributed by atoms with Gasteiger partial charge in [0.05, 0.1) is 0 Å². The number of nitrogens with zero attached hydrogens (tertiary/aromatic N) is 1. The molecule has 1 aromatic heterocycles. The molecule has 0 aliphatic rings. The van der Waals surface area contributed by atoms with Crippen LogP contribution in [0.1, 0.15) is 13.3 Å². The molecule has 0 aromatic carbocycles. The Labute approximate surface area is 63.3 Å². The van der Waals surface area contributed by atoms with Crippen LogP contribution in [0.15, 0.2) is 11.6 Å². The zero-order valence-electron chi connectivity index (χ0n) is 5.61. The van der Waals surface area contributed by atoms with Crippen LogP contribution in [-0.2, 0) is 5.11 Å². The van der Waals surface area contributed by atoms with Crippen LogP contribution in [0.4, 0.5) is 0 Å². The molecule has 0 saturated carbocycles. The zero-order chi connectivity index (χ0) is 7.40. The van der Waals surface area contributed by atoms with Gasteiger partial charge in [0.15, 0.2) is 0 Å². The van der Waals surface area contributed by atoms with Crippen LogP contribution < -0.4 is 4.74 Å². The van der Waals surface area contributed by atoms with Crippen LogP contribution in [0, 0.1) is 0 Å². The number of aromatic nitrogens is 1. The molecule has 0 N–H and O–H groups in total. The van der Waals surface area contributed by atoms with E-state index in [1.54, 1.807) is 18.5 Å². The van der Waals surface area contributed by atoms with E-state index in [1.807, 2.05) is 0 Å². The van der Waals surface area contributed by atoms with Crippen LogP contribution >= 0.6 is 11.3 Å². The van der Waals surface area contributed by atoms with E-state index in [0.29, 0.717) is 11.6 Å². The Bertz CT molecular complexity index is 176. The summed E-state index contributed by atoms with van der Waals surface area (Å²) >= 11 is 1.33. The molecule has 0 fully saturated rings. The molecule has 0 aliphatic carbocycles. The third-order valence-corrected chi connectivity index (χ3v) is 1.64. The van der Waals surface area contributed by atoms with Gasteiger partial charge in [-0.25, -0.2) is 4.98 Å². The highest BCUT2D eigenvalue weighted by Crippen LogP contribution is 2.15. The maximum absolute atomic E-state index is 10.7. The Morgan fingerprint density at radius 2 is 2.70 bits per heavy atom. The van der Waals surface area contributed by atoms with Gasteiger partial charge in [0.25, 0.3) is 5.19 Å². The molecule has 1 rings (SSSR count). The topological polar surface area (TPSA) is 42.0 Å². The average Bonchev–Trinajstić information content (AvgIpc) is 2.40. The molecule has 0 amide bonds. The van der Waals surface area contributed by atoms with Crippen molar-refractivity contribution in [3.8, 4) is 5.19 Å². The molecule has 0 spiro atoms. The summed E-state index contributed by atoms with van der Waals surface area (Å²) < 4.78 is 4.86. The molecule has 3 nitrogen and oxygen atoms in total. The largest absolute Gasteiger partial charge is 0.437 e. The maximum atomic E-state index is 10.7. The molecule has 0 saturated heterocycles. The molecular weight excluding hydrogens is 150 g/mol. The predicted octanol–water partition coefficient (Wildman–Crippen LogP) is 1.69. The Morgan fingerprint density at radius 1 is 1.90 bits per heavy atom. The van der Waals surface area contributed by atoms with Crippen molar-refractivity contribution in [2.75, 3.05) is 0 Å². The minimum Gasteiger partial charge on any atom is -0.437 e. The van der Waals surface area contributed by atoms with Crippen molar-refractivity contribution in [2.45, 2.75) is 19.6 Å². The van der Waals surface area contributed by atoms with Gasteiger partial charge in [-0.2, -0.15) is 5.11 Å². The average molecular weight is 158 g/mol. The third kappa shape index (κ3) is 1.97. The summed E-state index contributed by atoms with van der Waals surface area (Å²) in [6.45, 7) is 1.78. The fourth-order valence-electron chi connectivity index (χ4n) is 0.464. The number of rotatable bonds is 3. The molecule has 1 radical (unpaired) electrons. The lowest BCUT2D eigenvalue weighted by atomic mass is 10.5. The minimum absolute atomic E-state index is 0.460. The van der Waals surface area contributed by atoms with E-state index in [-0.39, 0.29) is 0 Å². The SMILES string of the molecule is CCC([O])Oc1nccs1. The minimum atomic E-state index is -0.967. The summed E-state index contributed by atoms with van der Waals surface area (Å²) in [7, 11) is 0. The quantitative estimate of drug-likeness (QED) is 0.628. The summed E-state index contributed by atoms with van der Waals surface area (Å²) in [4.78, 5) is 3.80. The van der Waals surface area contributed by atoms with Gasteiger partial charge in [-0.15, -0.1) is 0 Å². The van der Waals surface area contributed by atoms with E-state index in [4.69, 9.17) is 4.74 Å². The molecule has 0 aliphatic heterocycles. The first-order valence-electron chi connectivity index (χ1n) is 3.05. The second-order valence-electron chi connectivity index (χ2n) is 1.75. The predicted molar refractivity (Wildman–Crippen MR) is 37.5 cm³/mol. The summed E-state index contributed by atoms with van der Waals surface area (Å²) in [6.07, 6.45) is 1.12. The van der Waals surface area contributed by atoms with E-state index in [0.717, 1.165) is 0 Å². The summed E-state index contributed by atoms with van der Waals surface area (Å²) in [6, 6.07) is 0. The monoisotopic (exact) mass is 158 g/mol. The van der Waals surface area contributed by atoms with Gasteiger partial charge in [-0.1, -0.05) is 18.3 Å². The summed E-state index contributed by atoms with van der Waals surface area (Å²) in [5, 5.41) is 12.9. The fourth-order valence-corrected chi connectivity index (χ4v) is 0.987. The lowest BCUT2D eigenvalue weighted by Crippen LogP contribution is -2.11. The zero-order valence-corrected chi connectivity index (χ0v) is 6.43. The molecule has 55 valence electrons. The van der Waals surface area contributed by atoms with Gasteiger partial charge in [0.2, 0.25) is 6.29 Å². The number of hydrogen-bond acceptors (Lipinski definition) is 3. The number of ether oxygens (including phenoxy) is 1. The Hall–Kier alpha value is -0.610. The molecular formula is C6H8NO2S. The molecule has 1 aromatic rings. The van der Waals surface area contributed by atoms with Crippen molar-refractivity contribution in [3.63, 3.8) is 0 Å². The molecule has 1 unspecified atom stereocenters. The highest BCUT2D eigenvalue weighted by molar-refractivity contribution is 7.11. The third-order valence-electron chi connectivity index (χ3n) is 0.975. The molecule has 1 atom stereocenters. The first-order valence-corrected chi connectivity index (χ1v) is 3.93. The van der Waals surface area contributed by atoms with Gasteiger partial charge in [0.1, 0.15) is 0 Å². The van der Waals surface area contributed by atoms with E-state index in [9.17, 15) is 5.11 Å². The van der Waals surface area contributed by atoms with Crippen LogP contribution in [-0.4, -0.2) is 11.3 Å². The summed E-state index contributed by atoms with van der Waals surface area (Å²) in [5.41, 5.74) is 0. The van der Waals surface area contributed by atoms with Crippen LogP contribution in [0.2, 0.25) is 0 Å². The highest BCUT2D eigenvalue weighted by atomic mass is 32.1. The van der Waals surface area contributed by atoms with Gasteiger partial charge in [0, 0.05) is 18.0 Å². The van der Waals surface area contributed by atoms with Crippen LogP contribution in [0.25, 0.3) is 0 Å². The number of hydrogen-bond donors (Lipinski definition) is 0. The van der Waals surface area contributed by atoms with E-state index in [1.165, 1.54) is 11.3 Å². The first kappa shape index (κ1) is 7.50. The normalized spacial score (nSPS) is 13.0. The van der Waals surface area contributed by atoms with Crippen LogP contribution in [0.3, 0.4) is 0 Å². The van der Waals surface area contributed by atoms with Crippen molar-refractivity contribution in [2.24, 2.45) is 0 Å². The van der Waals surface area contributed by atoms with E-state index >= 15 is 0 Å². The van der Waals surface area contributed by atoms with E-state index < -0.39 is 6.29 Å². The van der Waals surface area contributed by atoms with Crippen molar-refractivity contribution >= 4 is 11.3 Å². The number of thiazole rings is 1. The molecule has 0 bridgehead atoms. The molecule has 10 heavy (non-hydrogen) atoms. The lowest BCUT2D eigenvalue weighted by molar-refractivity contribution is -0.0721. The maximum Gasteiger partial charge on any atom is 0.275 e. The second kappa shape index (κ2) is 3.53. The Kier molecular flexibility index (Phi) is 2.65. The molecule has 4 heteroatoms. The van der Waals surface area contributed by atoms with Gasteiger partial charge in [-0.3, -0.25) is 0 Å². The second-order valence-corrected chi connectivity index (χ2v) is 2.61. The molecule has 1 heterocycles. The van der Waals surface area contributed by atoms with Gasteiger partial charge < -0.3 is 4.74 Å².